The first-order valence-corrected chi connectivity index (χ1v) is 20.2. The highest BCUT2D eigenvalue weighted by molar-refractivity contribution is 7.90. The number of nitrogens with one attached hydrogen (secondary N) is 1. The number of amides is 2. The molecule has 2 fully saturated rings. The molecule has 53 heavy (non-hydrogen) atoms. The van der Waals surface area contributed by atoms with Gasteiger partial charge in [-0.15, -0.1) is 11.3 Å². The minimum Gasteiger partial charge on any atom is -0.443 e. The Balaban J connectivity index is 1.46. The lowest BCUT2D eigenvalue weighted by Gasteiger charge is -2.29. The quantitative estimate of drug-likeness (QED) is 0.186. The number of aromatic nitrogens is 1. The molecule has 2 aliphatic rings. The molecule has 0 bridgehead atoms. The summed E-state index contributed by atoms with van der Waals surface area (Å²) in [5.74, 6) is -0.723. The van der Waals surface area contributed by atoms with Crippen molar-refractivity contribution in [3.63, 3.8) is 0 Å². The molecule has 1 saturated carbocycles. The fourth-order valence-electron chi connectivity index (χ4n) is 6.09. The number of carbonyl (C=O) groups excluding carboxylic acids is 2. The number of benzene rings is 2. The van der Waals surface area contributed by atoms with Crippen LogP contribution >= 0.6 is 22.9 Å². The van der Waals surface area contributed by atoms with Gasteiger partial charge in [-0.05, 0) is 128 Å². The Morgan fingerprint density at radius 3 is 2.23 bits per heavy atom. The van der Waals surface area contributed by atoms with Gasteiger partial charge in [-0.1, -0.05) is 29.8 Å². The third-order valence-electron chi connectivity index (χ3n) is 8.61. The Hall–Kier alpha value is -3.59. The number of anilines is 1. The van der Waals surface area contributed by atoms with Gasteiger partial charge in [-0.25, -0.2) is 22.7 Å². The minimum atomic E-state index is -3.78. The SMILES string of the molecule is CC(C)(C)OC(=O)N(C(=O)OC(C)(C)C)c1ccc(Cl)c(C(NS(=O)(=O)C2CC2)c2cc3cccc(-c4cc(C5(C)COC(C)(C)O5)ccn4)c3s2)c1. The molecule has 284 valence electrons. The summed E-state index contributed by atoms with van der Waals surface area (Å²) in [4.78, 5) is 33.2. The van der Waals surface area contributed by atoms with Gasteiger partial charge >= 0.3 is 12.2 Å². The molecule has 1 saturated heterocycles. The van der Waals surface area contributed by atoms with Gasteiger partial charge < -0.3 is 18.9 Å². The molecular formula is C39H46ClN3O8S2. The number of hydrogen-bond donors (Lipinski definition) is 1. The van der Waals surface area contributed by atoms with Crippen molar-refractivity contribution in [1.82, 2.24) is 9.71 Å². The predicted octanol–water partition coefficient (Wildman–Crippen LogP) is 9.46. The third-order valence-corrected chi connectivity index (χ3v) is 12.1. The first-order chi connectivity index (χ1) is 24.5. The molecule has 6 rings (SSSR count). The van der Waals surface area contributed by atoms with Crippen molar-refractivity contribution >= 4 is 60.9 Å². The monoisotopic (exact) mass is 783 g/mol. The van der Waals surface area contributed by atoms with Crippen molar-refractivity contribution in [3.8, 4) is 11.3 Å². The van der Waals surface area contributed by atoms with E-state index in [0.717, 1.165) is 31.8 Å². The summed E-state index contributed by atoms with van der Waals surface area (Å²) in [6.07, 6.45) is 0.928. The number of fused-ring (bicyclic) bond motifs is 1. The van der Waals surface area contributed by atoms with E-state index < -0.39 is 56.1 Å². The summed E-state index contributed by atoms with van der Waals surface area (Å²) in [5, 5.41) is 0.569. The van der Waals surface area contributed by atoms with Crippen LogP contribution < -0.4 is 9.62 Å². The van der Waals surface area contributed by atoms with Crippen LogP contribution in [-0.2, 0) is 34.6 Å². The van der Waals surface area contributed by atoms with Crippen LogP contribution in [0.3, 0.4) is 0 Å². The molecule has 4 aromatic rings. The van der Waals surface area contributed by atoms with Gasteiger partial charge in [0.1, 0.15) is 16.8 Å². The second-order valence-electron chi connectivity index (χ2n) is 16.1. The number of thiophene rings is 1. The van der Waals surface area contributed by atoms with Crippen molar-refractivity contribution in [2.24, 2.45) is 0 Å². The highest BCUT2D eigenvalue weighted by atomic mass is 35.5. The zero-order valence-electron chi connectivity index (χ0n) is 31.4. The third kappa shape index (κ3) is 8.87. The number of sulfonamides is 1. The maximum atomic E-state index is 13.6. The summed E-state index contributed by atoms with van der Waals surface area (Å²) in [6.45, 7) is 16.3. The van der Waals surface area contributed by atoms with Crippen molar-refractivity contribution in [1.29, 1.82) is 0 Å². The average molecular weight is 784 g/mol. The van der Waals surface area contributed by atoms with Crippen molar-refractivity contribution in [2.45, 2.75) is 109 Å². The molecule has 2 amide bonds. The molecule has 0 spiro atoms. The van der Waals surface area contributed by atoms with Crippen LogP contribution in [-0.4, -0.2) is 54.4 Å². The van der Waals surface area contributed by atoms with Gasteiger partial charge in [0, 0.05) is 26.4 Å². The van der Waals surface area contributed by atoms with Crippen LogP contribution in [0.15, 0.2) is 60.8 Å². The van der Waals surface area contributed by atoms with E-state index in [1.807, 2.05) is 57.2 Å². The number of ether oxygens (including phenoxy) is 4. The van der Waals surface area contributed by atoms with Gasteiger partial charge in [0.2, 0.25) is 10.0 Å². The summed E-state index contributed by atoms with van der Waals surface area (Å²) in [5.41, 5.74) is 0.405. The van der Waals surface area contributed by atoms with E-state index in [0.29, 0.717) is 29.9 Å². The first-order valence-electron chi connectivity index (χ1n) is 17.4. The van der Waals surface area contributed by atoms with Crippen molar-refractivity contribution < 1.29 is 37.0 Å². The molecule has 0 radical (unpaired) electrons. The zero-order chi connectivity index (χ0) is 38.7. The van der Waals surface area contributed by atoms with Crippen LogP contribution in [0, 0.1) is 0 Å². The lowest BCUT2D eigenvalue weighted by Crippen LogP contribution is -2.44. The molecule has 2 aromatic heterocycles. The number of rotatable bonds is 8. The van der Waals surface area contributed by atoms with E-state index in [-0.39, 0.29) is 10.7 Å². The molecule has 1 aliphatic heterocycles. The van der Waals surface area contributed by atoms with Gasteiger partial charge in [-0.3, -0.25) is 4.98 Å². The maximum Gasteiger partial charge on any atom is 0.424 e. The van der Waals surface area contributed by atoms with Crippen LogP contribution in [0.25, 0.3) is 21.3 Å². The van der Waals surface area contributed by atoms with Gasteiger partial charge in [0.15, 0.2) is 5.79 Å². The topological polar surface area (TPSA) is 133 Å². The van der Waals surface area contributed by atoms with E-state index in [1.54, 1.807) is 47.7 Å². The molecule has 3 heterocycles. The second-order valence-corrected chi connectivity index (χ2v) is 19.6. The molecule has 11 nitrogen and oxygen atoms in total. The summed E-state index contributed by atoms with van der Waals surface area (Å²) < 4.78 is 54.4. The Morgan fingerprint density at radius 1 is 0.981 bits per heavy atom. The molecule has 2 atom stereocenters. The average Bonchev–Trinajstić information content (AvgIpc) is 3.75. The van der Waals surface area contributed by atoms with Gasteiger partial charge in [-0.2, -0.15) is 4.90 Å². The Morgan fingerprint density at radius 2 is 1.64 bits per heavy atom. The van der Waals surface area contributed by atoms with Crippen molar-refractivity contribution in [3.05, 3.63) is 81.8 Å². The highest BCUT2D eigenvalue weighted by Gasteiger charge is 2.44. The Bertz CT molecular complexity index is 2140. The zero-order valence-corrected chi connectivity index (χ0v) is 33.8. The minimum absolute atomic E-state index is 0.0983. The molecule has 2 unspecified atom stereocenters. The van der Waals surface area contributed by atoms with Gasteiger partial charge in [0.05, 0.1) is 29.3 Å². The van der Waals surface area contributed by atoms with Crippen LogP contribution in [0.1, 0.15) is 97.2 Å². The smallest absolute Gasteiger partial charge is 0.424 e. The lowest BCUT2D eigenvalue weighted by atomic mass is 9.96. The fraction of sp³-hybridized carbons (Fsp3) is 0.462. The molecule has 1 aliphatic carbocycles. The molecular weight excluding hydrogens is 738 g/mol. The standard InChI is InChI=1S/C39H46ClN3O8S2/c1-36(2,3)49-34(44)43(35(45)50-37(4,5)6)25-13-16-29(40)28(21-25)32(42-53(46,47)26-14-15-26)31-19-23-11-10-12-27(33(23)52-31)30-20-24(17-18-41-30)39(9)22-48-38(7,8)51-39/h10-13,16-21,26,32,42H,14-15,22H2,1-9H3. The normalized spacial score (nSPS) is 19.6. The van der Waals surface area contributed by atoms with Crippen LogP contribution in [0.4, 0.5) is 15.3 Å². The van der Waals surface area contributed by atoms with E-state index in [1.165, 1.54) is 29.5 Å². The predicted molar refractivity (Wildman–Crippen MR) is 207 cm³/mol. The summed E-state index contributed by atoms with van der Waals surface area (Å²) in [6, 6.07) is 15.3. The summed E-state index contributed by atoms with van der Waals surface area (Å²) in [7, 11) is -3.78. The van der Waals surface area contributed by atoms with E-state index >= 15 is 0 Å². The van der Waals surface area contributed by atoms with Crippen LogP contribution in [0.5, 0.6) is 0 Å². The lowest BCUT2D eigenvalue weighted by molar-refractivity contribution is -0.159. The first kappa shape index (κ1) is 39.1. The maximum absolute atomic E-state index is 13.6. The highest BCUT2D eigenvalue weighted by Crippen LogP contribution is 2.44. The number of pyridine rings is 1. The number of imide groups is 1. The molecule has 1 N–H and O–H groups in total. The molecule has 2 aromatic carbocycles. The number of halogens is 1. The fourth-order valence-corrected chi connectivity index (χ4v) is 9.18. The van der Waals surface area contributed by atoms with Crippen molar-refractivity contribution in [2.75, 3.05) is 11.5 Å². The molecule has 14 heteroatoms. The van der Waals surface area contributed by atoms with Crippen LogP contribution in [0.2, 0.25) is 5.02 Å². The van der Waals surface area contributed by atoms with Gasteiger partial charge in [0.25, 0.3) is 0 Å². The van der Waals surface area contributed by atoms with E-state index in [4.69, 9.17) is 35.5 Å². The second kappa shape index (κ2) is 13.9. The summed E-state index contributed by atoms with van der Waals surface area (Å²) >= 11 is 8.27. The number of hydrogen-bond acceptors (Lipinski definition) is 10. The Kier molecular flexibility index (Phi) is 10.3. The number of nitrogens with zero attached hydrogens (tertiary/aromatic N) is 2. The van der Waals surface area contributed by atoms with E-state index in [2.05, 4.69) is 4.72 Å². The van der Waals surface area contributed by atoms with E-state index in [9.17, 15) is 18.0 Å². The number of carbonyl (C=O) groups is 2. The largest absolute Gasteiger partial charge is 0.443 e. The Labute approximate surface area is 320 Å².